The van der Waals surface area contributed by atoms with Crippen LogP contribution in [0.4, 0.5) is 5.69 Å². The molecule has 1 nitrogen and oxygen atoms in total. The van der Waals surface area contributed by atoms with Crippen molar-refractivity contribution < 1.29 is 0 Å². The van der Waals surface area contributed by atoms with E-state index in [-0.39, 0.29) is 0 Å². The van der Waals surface area contributed by atoms with Crippen molar-refractivity contribution in [3.63, 3.8) is 0 Å². The first-order valence-electron chi connectivity index (χ1n) is 5.74. The van der Waals surface area contributed by atoms with Crippen molar-refractivity contribution in [3.8, 4) is 0 Å². The van der Waals surface area contributed by atoms with E-state index in [1.807, 2.05) is 0 Å². The third-order valence-electron chi connectivity index (χ3n) is 3.27. The minimum Gasteiger partial charge on any atom is -0.371 e. The van der Waals surface area contributed by atoms with Crippen molar-refractivity contribution in [2.45, 2.75) is 19.8 Å². The van der Waals surface area contributed by atoms with Crippen LogP contribution in [0.25, 0.3) is 0 Å². The van der Waals surface area contributed by atoms with Gasteiger partial charge in [0.1, 0.15) is 0 Å². The van der Waals surface area contributed by atoms with E-state index in [0.29, 0.717) is 0 Å². The Balaban J connectivity index is 2.01. The van der Waals surface area contributed by atoms with E-state index in [2.05, 4.69) is 48.7 Å². The SMILES string of the molecule is C=CC1CCN(c2ccc(C)cc2)CC1. The molecule has 0 spiro atoms. The molecule has 1 aromatic rings. The summed E-state index contributed by atoms with van der Waals surface area (Å²) in [6, 6.07) is 8.83. The Morgan fingerprint density at radius 2 is 1.80 bits per heavy atom. The Morgan fingerprint density at radius 3 is 2.33 bits per heavy atom. The second-order valence-corrected chi connectivity index (χ2v) is 4.40. The molecular formula is C14H19N. The Morgan fingerprint density at radius 1 is 1.20 bits per heavy atom. The van der Waals surface area contributed by atoms with Crippen LogP contribution in [0.15, 0.2) is 36.9 Å². The van der Waals surface area contributed by atoms with Gasteiger partial charge in [-0.1, -0.05) is 23.8 Å². The molecule has 1 aliphatic rings. The van der Waals surface area contributed by atoms with Crippen molar-refractivity contribution in [1.29, 1.82) is 0 Å². The molecule has 0 bridgehead atoms. The molecule has 1 aliphatic heterocycles. The molecule has 1 heteroatoms. The van der Waals surface area contributed by atoms with Gasteiger partial charge in [0.25, 0.3) is 0 Å². The van der Waals surface area contributed by atoms with Gasteiger partial charge in [-0.05, 0) is 37.8 Å². The van der Waals surface area contributed by atoms with Gasteiger partial charge in [-0.15, -0.1) is 6.58 Å². The second kappa shape index (κ2) is 4.52. The largest absolute Gasteiger partial charge is 0.371 e. The number of anilines is 1. The number of hydrogen-bond acceptors (Lipinski definition) is 1. The molecule has 0 atom stereocenters. The highest BCUT2D eigenvalue weighted by molar-refractivity contribution is 5.47. The zero-order valence-corrected chi connectivity index (χ0v) is 9.45. The summed E-state index contributed by atoms with van der Waals surface area (Å²) in [4.78, 5) is 2.47. The average Bonchev–Trinajstić information content (AvgIpc) is 2.30. The quantitative estimate of drug-likeness (QED) is 0.663. The van der Waals surface area contributed by atoms with E-state index in [0.717, 1.165) is 5.92 Å². The molecule has 0 unspecified atom stereocenters. The van der Waals surface area contributed by atoms with Gasteiger partial charge < -0.3 is 4.90 Å². The number of nitrogens with zero attached hydrogens (tertiary/aromatic N) is 1. The molecule has 1 saturated heterocycles. The molecule has 2 rings (SSSR count). The van der Waals surface area contributed by atoms with Crippen molar-refractivity contribution in [2.75, 3.05) is 18.0 Å². The lowest BCUT2D eigenvalue weighted by atomic mass is 9.97. The van der Waals surface area contributed by atoms with E-state index in [9.17, 15) is 0 Å². The number of rotatable bonds is 2. The molecule has 80 valence electrons. The summed E-state index contributed by atoms with van der Waals surface area (Å²) >= 11 is 0. The second-order valence-electron chi connectivity index (χ2n) is 4.40. The first kappa shape index (κ1) is 10.3. The van der Waals surface area contributed by atoms with Gasteiger partial charge in [-0.2, -0.15) is 0 Å². The highest BCUT2D eigenvalue weighted by Gasteiger charge is 2.16. The molecule has 1 aromatic carbocycles. The first-order valence-corrected chi connectivity index (χ1v) is 5.74. The predicted octanol–water partition coefficient (Wildman–Crippen LogP) is 3.40. The number of aryl methyl sites for hydroxylation is 1. The number of piperidine rings is 1. The standard InChI is InChI=1S/C14H19N/c1-3-13-8-10-15(11-9-13)14-6-4-12(2)5-7-14/h3-7,13H,1,8-11H2,2H3. The minimum atomic E-state index is 0.728. The maximum absolute atomic E-state index is 3.88. The molecule has 0 N–H and O–H groups in total. The molecule has 0 amide bonds. The topological polar surface area (TPSA) is 3.24 Å². The Bertz CT molecular complexity index is 318. The van der Waals surface area contributed by atoms with E-state index >= 15 is 0 Å². The fourth-order valence-corrected chi connectivity index (χ4v) is 2.15. The van der Waals surface area contributed by atoms with Gasteiger partial charge in [-0.25, -0.2) is 0 Å². The lowest BCUT2D eigenvalue weighted by molar-refractivity contribution is 0.479. The van der Waals surface area contributed by atoms with Gasteiger partial charge in [0.2, 0.25) is 0 Å². The van der Waals surface area contributed by atoms with Crippen molar-refractivity contribution in [3.05, 3.63) is 42.5 Å². The molecule has 0 aromatic heterocycles. The van der Waals surface area contributed by atoms with Crippen molar-refractivity contribution in [1.82, 2.24) is 0 Å². The van der Waals surface area contributed by atoms with Crippen LogP contribution in [0.2, 0.25) is 0 Å². The lowest BCUT2D eigenvalue weighted by Crippen LogP contribution is -2.32. The molecule has 0 saturated carbocycles. The first-order chi connectivity index (χ1) is 7.29. The van der Waals surface area contributed by atoms with Crippen molar-refractivity contribution in [2.24, 2.45) is 5.92 Å². The third kappa shape index (κ3) is 2.41. The molecule has 1 heterocycles. The normalized spacial score (nSPS) is 17.8. The lowest BCUT2D eigenvalue weighted by Gasteiger charge is -2.32. The smallest absolute Gasteiger partial charge is 0.0366 e. The molecule has 0 aliphatic carbocycles. The van der Waals surface area contributed by atoms with Crippen LogP contribution < -0.4 is 4.90 Å². The number of allylic oxidation sites excluding steroid dienone is 1. The van der Waals surface area contributed by atoms with E-state index in [4.69, 9.17) is 0 Å². The van der Waals surface area contributed by atoms with E-state index in [1.54, 1.807) is 0 Å². The molecule has 15 heavy (non-hydrogen) atoms. The molecule has 0 radical (unpaired) electrons. The highest BCUT2D eigenvalue weighted by atomic mass is 15.1. The maximum atomic E-state index is 3.88. The van der Waals surface area contributed by atoms with Crippen LogP contribution >= 0.6 is 0 Å². The number of benzene rings is 1. The van der Waals surface area contributed by atoms with Crippen LogP contribution in [0.1, 0.15) is 18.4 Å². The van der Waals surface area contributed by atoms with Crippen molar-refractivity contribution >= 4 is 5.69 Å². The van der Waals surface area contributed by atoms with Gasteiger partial charge in [0.15, 0.2) is 0 Å². The zero-order valence-electron chi connectivity index (χ0n) is 9.45. The summed E-state index contributed by atoms with van der Waals surface area (Å²) in [5.41, 5.74) is 2.70. The van der Waals surface area contributed by atoms with Crippen LogP contribution in [0, 0.1) is 12.8 Å². The van der Waals surface area contributed by atoms with E-state index < -0.39 is 0 Å². The predicted molar refractivity (Wildman–Crippen MR) is 66.3 cm³/mol. The average molecular weight is 201 g/mol. The highest BCUT2D eigenvalue weighted by Crippen LogP contribution is 2.23. The Hall–Kier alpha value is -1.24. The Kier molecular flexibility index (Phi) is 3.10. The fraction of sp³-hybridized carbons (Fsp3) is 0.429. The summed E-state index contributed by atoms with van der Waals surface area (Å²) in [7, 11) is 0. The van der Waals surface area contributed by atoms with Crippen LogP contribution in [0.3, 0.4) is 0 Å². The van der Waals surface area contributed by atoms with Gasteiger partial charge in [0.05, 0.1) is 0 Å². The third-order valence-corrected chi connectivity index (χ3v) is 3.27. The van der Waals surface area contributed by atoms with Gasteiger partial charge in [-0.3, -0.25) is 0 Å². The van der Waals surface area contributed by atoms with Gasteiger partial charge >= 0.3 is 0 Å². The van der Waals surface area contributed by atoms with E-state index in [1.165, 1.54) is 37.2 Å². The molecule has 1 fully saturated rings. The summed E-state index contributed by atoms with van der Waals surface area (Å²) in [6.45, 7) is 8.34. The van der Waals surface area contributed by atoms with Crippen LogP contribution in [-0.4, -0.2) is 13.1 Å². The summed E-state index contributed by atoms with van der Waals surface area (Å²) in [6.07, 6.45) is 4.60. The monoisotopic (exact) mass is 201 g/mol. The summed E-state index contributed by atoms with van der Waals surface area (Å²) in [5.74, 6) is 0.728. The van der Waals surface area contributed by atoms with Crippen LogP contribution in [0.5, 0.6) is 0 Å². The maximum Gasteiger partial charge on any atom is 0.0366 e. The van der Waals surface area contributed by atoms with Crippen LogP contribution in [-0.2, 0) is 0 Å². The summed E-state index contributed by atoms with van der Waals surface area (Å²) in [5, 5.41) is 0. The Labute approximate surface area is 92.4 Å². The fourth-order valence-electron chi connectivity index (χ4n) is 2.15. The number of hydrogen-bond donors (Lipinski definition) is 0. The minimum absolute atomic E-state index is 0.728. The zero-order chi connectivity index (χ0) is 10.7. The molecular weight excluding hydrogens is 182 g/mol. The summed E-state index contributed by atoms with van der Waals surface area (Å²) < 4.78 is 0. The van der Waals surface area contributed by atoms with Gasteiger partial charge in [0, 0.05) is 18.8 Å².